The lowest BCUT2D eigenvalue weighted by molar-refractivity contribution is -0.00833. The molecule has 0 aliphatic rings. The van der Waals surface area contributed by atoms with Crippen molar-refractivity contribution in [1.29, 1.82) is 0 Å². The Morgan fingerprint density at radius 2 is 1.12 bits per heavy atom. The highest BCUT2D eigenvalue weighted by Gasteiger charge is 1.95. The Kier molecular flexibility index (Phi) is 13.4. The third kappa shape index (κ3) is 13.2. The van der Waals surface area contributed by atoms with Crippen molar-refractivity contribution >= 4 is 5.69 Å². The summed E-state index contributed by atoms with van der Waals surface area (Å²) in [5, 5.41) is 0. The van der Waals surface area contributed by atoms with Gasteiger partial charge in [0.15, 0.2) is 0 Å². The Labute approximate surface area is 149 Å². The molecular weight excluding hydrogens is 326 g/mol. The monoisotopic (exact) mass is 355 g/mol. The zero-order chi connectivity index (χ0) is 18.0. The van der Waals surface area contributed by atoms with Crippen molar-refractivity contribution in [2.75, 3.05) is 71.8 Å². The molecule has 1 aromatic rings. The van der Waals surface area contributed by atoms with Gasteiger partial charge in [-0.3, -0.25) is 0 Å². The summed E-state index contributed by atoms with van der Waals surface area (Å²) >= 11 is 0. The van der Waals surface area contributed by atoms with Crippen LogP contribution in [0.25, 0.3) is 0 Å². The van der Waals surface area contributed by atoms with Gasteiger partial charge >= 0.3 is 0 Å². The molecule has 7 heteroatoms. The molecule has 0 unspecified atom stereocenters. The number of hydrogen-bond acceptors (Lipinski definition) is 7. The molecule has 0 atom stereocenters. The summed E-state index contributed by atoms with van der Waals surface area (Å²) in [6.07, 6.45) is 1.40. The van der Waals surface area contributed by atoms with Gasteiger partial charge in [-0.15, -0.1) is 0 Å². The van der Waals surface area contributed by atoms with Crippen LogP contribution >= 0.6 is 0 Å². The van der Waals surface area contributed by atoms with Crippen LogP contribution in [0.1, 0.15) is 0 Å². The maximum Gasteiger partial charge on any atom is 0.119 e. The Morgan fingerprint density at radius 1 is 0.680 bits per heavy atom. The second-order valence-electron chi connectivity index (χ2n) is 4.90. The molecule has 0 aliphatic heterocycles. The lowest BCUT2D eigenvalue weighted by Gasteiger charge is -2.08. The fraction of sp³-hybridized carbons (Fsp3) is 0.556. The van der Waals surface area contributed by atoms with Gasteiger partial charge in [-0.2, -0.15) is 0 Å². The summed E-state index contributed by atoms with van der Waals surface area (Å²) < 4.78 is 31.9. The van der Waals surface area contributed by atoms with E-state index < -0.39 is 0 Å². The van der Waals surface area contributed by atoms with Crippen molar-refractivity contribution in [3.05, 3.63) is 37.1 Å². The Hall–Kier alpha value is -1.80. The minimum Gasteiger partial charge on any atom is -0.499 e. The number of benzene rings is 1. The third-order valence-electron chi connectivity index (χ3n) is 2.96. The Bertz CT molecular complexity index is 426. The molecule has 0 fully saturated rings. The van der Waals surface area contributed by atoms with Crippen LogP contribution in [0, 0.1) is 0 Å². The number of nitrogen functional groups attached to an aromatic ring is 1. The fourth-order valence-corrected chi connectivity index (χ4v) is 1.73. The summed E-state index contributed by atoms with van der Waals surface area (Å²) in [4.78, 5) is 0. The maximum atomic E-state index is 5.60. The number of anilines is 1. The SMILES string of the molecule is C=COCCOCCOCCOCCOCCOc1ccc(N)cc1. The largest absolute Gasteiger partial charge is 0.499 e. The van der Waals surface area contributed by atoms with Crippen LogP contribution in [0.15, 0.2) is 37.1 Å². The fourth-order valence-electron chi connectivity index (χ4n) is 1.73. The van der Waals surface area contributed by atoms with E-state index in [2.05, 4.69) is 6.58 Å². The van der Waals surface area contributed by atoms with E-state index in [0.29, 0.717) is 66.1 Å². The van der Waals surface area contributed by atoms with Gasteiger partial charge in [-0.1, -0.05) is 6.58 Å². The topological polar surface area (TPSA) is 81.4 Å². The highest BCUT2D eigenvalue weighted by molar-refractivity contribution is 5.41. The Balaban J connectivity index is 1.74. The van der Waals surface area contributed by atoms with Gasteiger partial charge in [0.25, 0.3) is 0 Å². The lowest BCUT2D eigenvalue weighted by Crippen LogP contribution is -2.14. The maximum absolute atomic E-state index is 5.60. The van der Waals surface area contributed by atoms with Crippen LogP contribution in [0.3, 0.4) is 0 Å². The predicted octanol–water partition coefficient (Wildman–Crippen LogP) is 1.87. The van der Waals surface area contributed by atoms with E-state index >= 15 is 0 Å². The van der Waals surface area contributed by atoms with Gasteiger partial charge in [-0.05, 0) is 24.3 Å². The van der Waals surface area contributed by atoms with E-state index in [1.54, 1.807) is 12.1 Å². The van der Waals surface area contributed by atoms with E-state index in [1.807, 2.05) is 12.1 Å². The van der Waals surface area contributed by atoms with E-state index in [0.717, 1.165) is 11.4 Å². The zero-order valence-corrected chi connectivity index (χ0v) is 14.7. The van der Waals surface area contributed by atoms with Gasteiger partial charge in [0.1, 0.15) is 19.0 Å². The summed E-state index contributed by atoms with van der Waals surface area (Å²) in [6.45, 7) is 8.69. The van der Waals surface area contributed by atoms with Gasteiger partial charge < -0.3 is 34.2 Å². The summed E-state index contributed by atoms with van der Waals surface area (Å²) in [5.41, 5.74) is 6.32. The molecule has 0 amide bonds. The molecule has 1 aromatic carbocycles. The smallest absolute Gasteiger partial charge is 0.119 e. The number of rotatable bonds is 17. The van der Waals surface area contributed by atoms with Crippen LogP contribution < -0.4 is 10.5 Å². The number of ether oxygens (including phenoxy) is 6. The normalized spacial score (nSPS) is 10.6. The van der Waals surface area contributed by atoms with Gasteiger partial charge in [0.05, 0.1) is 59.1 Å². The molecule has 0 heterocycles. The average Bonchev–Trinajstić information content (AvgIpc) is 2.63. The molecule has 0 saturated carbocycles. The van der Waals surface area contributed by atoms with E-state index in [1.165, 1.54) is 6.26 Å². The van der Waals surface area contributed by atoms with Crippen LogP contribution in [0.5, 0.6) is 5.75 Å². The molecule has 0 radical (unpaired) electrons. The van der Waals surface area contributed by atoms with Crippen molar-refractivity contribution in [3.63, 3.8) is 0 Å². The molecule has 25 heavy (non-hydrogen) atoms. The van der Waals surface area contributed by atoms with E-state index in [4.69, 9.17) is 34.2 Å². The Morgan fingerprint density at radius 3 is 1.60 bits per heavy atom. The van der Waals surface area contributed by atoms with Crippen molar-refractivity contribution in [1.82, 2.24) is 0 Å². The molecule has 142 valence electrons. The van der Waals surface area contributed by atoms with Crippen LogP contribution in [-0.4, -0.2) is 66.1 Å². The van der Waals surface area contributed by atoms with E-state index in [9.17, 15) is 0 Å². The molecule has 7 nitrogen and oxygen atoms in total. The van der Waals surface area contributed by atoms with Crippen LogP contribution in [0.4, 0.5) is 5.69 Å². The number of nitrogens with two attached hydrogens (primary N) is 1. The van der Waals surface area contributed by atoms with Crippen LogP contribution in [-0.2, 0) is 23.7 Å². The predicted molar refractivity (Wildman–Crippen MR) is 95.8 cm³/mol. The van der Waals surface area contributed by atoms with Crippen molar-refractivity contribution in [2.24, 2.45) is 0 Å². The molecule has 0 spiro atoms. The number of hydrogen-bond donors (Lipinski definition) is 1. The molecule has 2 N–H and O–H groups in total. The van der Waals surface area contributed by atoms with E-state index in [-0.39, 0.29) is 0 Å². The molecule has 0 saturated heterocycles. The summed E-state index contributed by atoms with van der Waals surface area (Å²) in [7, 11) is 0. The zero-order valence-electron chi connectivity index (χ0n) is 14.7. The van der Waals surface area contributed by atoms with Crippen molar-refractivity contribution in [2.45, 2.75) is 0 Å². The second-order valence-corrected chi connectivity index (χ2v) is 4.90. The minimum absolute atomic E-state index is 0.491. The second kappa shape index (κ2) is 15.7. The third-order valence-corrected chi connectivity index (χ3v) is 2.96. The molecule has 0 aromatic heterocycles. The van der Waals surface area contributed by atoms with Crippen molar-refractivity contribution in [3.8, 4) is 5.75 Å². The first-order valence-corrected chi connectivity index (χ1v) is 8.34. The quantitative estimate of drug-likeness (QED) is 0.259. The molecule has 0 aliphatic carbocycles. The lowest BCUT2D eigenvalue weighted by atomic mass is 10.3. The van der Waals surface area contributed by atoms with Gasteiger partial charge in [0.2, 0.25) is 0 Å². The molecule has 0 bridgehead atoms. The highest BCUT2D eigenvalue weighted by atomic mass is 16.6. The van der Waals surface area contributed by atoms with Gasteiger partial charge in [0, 0.05) is 5.69 Å². The summed E-state index contributed by atoms with van der Waals surface area (Å²) in [6, 6.07) is 7.27. The molecular formula is C18H29NO6. The van der Waals surface area contributed by atoms with Gasteiger partial charge in [-0.25, -0.2) is 0 Å². The first-order chi connectivity index (χ1) is 12.3. The highest BCUT2D eigenvalue weighted by Crippen LogP contribution is 2.12. The first-order valence-electron chi connectivity index (χ1n) is 8.34. The minimum atomic E-state index is 0.491. The van der Waals surface area contributed by atoms with Crippen molar-refractivity contribution < 1.29 is 28.4 Å². The average molecular weight is 355 g/mol. The first kappa shape index (κ1) is 21.2. The summed E-state index contributed by atoms with van der Waals surface area (Å²) in [5.74, 6) is 0.781. The van der Waals surface area contributed by atoms with Crippen LogP contribution in [0.2, 0.25) is 0 Å². The molecule has 1 rings (SSSR count). The standard InChI is InChI=1S/C18H29NO6/c1-2-20-7-8-21-9-10-22-11-12-23-13-14-24-15-16-25-18-5-3-17(19)4-6-18/h2-6H,1,7-16,19H2.